The van der Waals surface area contributed by atoms with E-state index in [2.05, 4.69) is 24.1 Å². The van der Waals surface area contributed by atoms with Crippen molar-refractivity contribution in [2.75, 3.05) is 13.1 Å². The van der Waals surface area contributed by atoms with Crippen LogP contribution in [-0.4, -0.2) is 51.8 Å². The Kier molecular flexibility index (Phi) is 7.24. The Hall–Kier alpha value is -3.24. The van der Waals surface area contributed by atoms with Gasteiger partial charge in [-0.1, -0.05) is 38.1 Å². The van der Waals surface area contributed by atoms with Gasteiger partial charge in [0.25, 0.3) is 5.91 Å². The van der Waals surface area contributed by atoms with E-state index < -0.39 is 34.7 Å². The van der Waals surface area contributed by atoms with Crippen molar-refractivity contribution in [2.24, 2.45) is 10.8 Å². The van der Waals surface area contributed by atoms with Crippen LogP contribution >= 0.6 is 0 Å². The quantitative estimate of drug-likeness (QED) is 0.476. The number of rotatable bonds is 4. The number of hydrogen-bond donors (Lipinski definition) is 2. The van der Waals surface area contributed by atoms with Crippen LogP contribution in [0.4, 0.5) is 13.2 Å². The Balaban J connectivity index is 1.26. The minimum absolute atomic E-state index is 0.147. The number of likely N-dealkylation sites (tertiary alicyclic amines) is 1. The SMILES string of the molecule is CC1(C)CCC2(CC1)CN(Cc1ccc(C(F)(F)F)cc1)CCC2(O)c1ccc2c(c1)CN(C1CCC(=O)NC1=O)C2=O. The lowest BCUT2D eigenvalue weighted by Crippen LogP contribution is -2.59. The van der Waals surface area contributed by atoms with Gasteiger partial charge < -0.3 is 10.0 Å². The summed E-state index contributed by atoms with van der Waals surface area (Å²) in [4.78, 5) is 41.2. The van der Waals surface area contributed by atoms with Crippen LogP contribution in [0.15, 0.2) is 42.5 Å². The molecule has 2 atom stereocenters. The summed E-state index contributed by atoms with van der Waals surface area (Å²) in [5, 5.41) is 15.0. The monoisotopic (exact) mass is 597 g/mol. The molecule has 1 aliphatic carbocycles. The molecule has 1 spiro atoms. The van der Waals surface area contributed by atoms with Crippen LogP contribution < -0.4 is 5.32 Å². The molecule has 2 unspecified atom stereocenters. The van der Waals surface area contributed by atoms with Crippen LogP contribution in [0.25, 0.3) is 0 Å². The summed E-state index contributed by atoms with van der Waals surface area (Å²) >= 11 is 0. The average molecular weight is 598 g/mol. The molecule has 3 amide bonds. The first kappa shape index (κ1) is 29.8. The fraction of sp³-hybridized carbons (Fsp3) is 0.545. The number of benzene rings is 2. The average Bonchev–Trinajstić information content (AvgIpc) is 3.27. The van der Waals surface area contributed by atoms with Gasteiger partial charge >= 0.3 is 6.18 Å². The number of aliphatic hydroxyl groups is 1. The smallest absolute Gasteiger partial charge is 0.384 e. The van der Waals surface area contributed by atoms with Crippen LogP contribution in [-0.2, 0) is 34.5 Å². The van der Waals surface area contributed by atoms with Crippen molar-refractivity contribution >= 4 is 17.7 Å². The molecule has 7 nitrogen and oxygen atoms in total. The number of fused-ring (bicyclic) bond motifs is 1. The zero-order valence-corrected chi connectivity index (χ0v) is 24.6. The largest absolute Gasteiger partial charge is 0.416 e. The van der Waals surface area contributed by atoms with E-state index in [0.717, 1.165) is 54.5 Å². The summed E-state index contributed by atoms with van der Waals surface area (Å²) in [6.45, 7) is 6.40. The highest BCUT2D eigenvalue weighted by Gasteiger charge is 2.56. The predicted octanol–water partition coefficient (Wildman–Crippen LogP) is 5.15. The summed E-state index contributed by atoms with van der Waals surface area (Å²) in [7, 11) is 0. The molecule has 2 aromatic carbocycles. The first-order chi connectivity index (χ1) is 20.2. The normalized spacial score (nSPS) is 27.3. The lowest BCUT2D eigenvalue weighted by atomic mass is 9.54. The molecule has 2 saturated heterocycles. The highest BCUT2D eigenvalue weighted by molar-refractivity contribution is 6.05. The van der Waals surface area contributed by atoms with Crippen LogP contribution in [0.2, 0.25) is 0 Å². The standard InChI is InChI=1S/C33H38F3N3O4/c1-30(2)11-13-31(14-12-30)20-38(18-21-3-5-23(6-4-21)33(34,35)36)16-15-32(31,43)24-7-8-25-22(17-24)19-39(29(25)42)26-9-10-27(40)37-28(26)41/h3-8,17,26,43H,9-16,18-20H2,1-2H3,(H,37,40,41). The number of amides is 3. The molecule has 3 aliphatic heterocycles. The van der Waals surface area contributed by atoms with Gasteiger partial charge in [-0.05, 0) is 78.8 Å². The maximum absolute atomic E-state index is 13.3. The number of piperidine rings is 2. The number of nitrogens with zero attached hydrogens (tertiary/aromatic N) is 2. The van der Waals surface area contributed by atoms with E-state index in [1.807, 2.05) is 12.1 Å². The van der Waals surface area contributed by atoms with E-state index in [0.29, 0.717) is 31.6 Å². The highest BCUT2D eigenvalue weighted by atomic mass is 19.4. The van der Waals surface area contributed by atoms with Crippen molar-refractivity contribution in [1.29, 1.82) is 0 Å². The van der Waals surface area contributed by atoms with Crippen LogP contribution in [0.1, 0.15) is 91.4 Å². The topological polar surface area (TPSA) is 89.9 Å². The second-order valence-corrected chi connectivity index (χ2v) is 13.7. The fourth-order valence-electron chi connectivity index (χ4n) is 7.67. The minimum atomic E-state index is -4.38. The van der Waals surface area contributed by atoms with Gasteiger partial charge in [0.1, 0.15) is 6.04 Å². The van der Waals surface area contributed by atoms with Crippen molar-refractivity contribution in [2.45, 2.75) is 89.7 Å². The molecule has 2 N–H and O–H groups in total. The highest BCUT2D eigenvalue weighted by Crippen LogP contribution is 2.58. The Morgan fingerprint density at radius 1 is 0.977 bits per heavy atom. The van der Waals surface area contributed by atoms with E-state index in [1.54, 1.807) is 6.07 Å². The first-order valence-corrected chi connectivity index (χ1v) is 15.1. The van der Waals surface area contributed by atoms with Gasteiger partial charge in [-0.2, -0.15) is 13.2 Å². The van der Waals surface area contributed by atoms with E-state index in [-0.39, 0.29) is 36.6 Å². The molecule has 2 aromatic rings. The van der Waals surface area contributed by atoms with Crippen molar-refractivity contribution in [1.82, 2.24) is 15.1 Å². The van der Waals surface area contributed by atoms with Gasteiger partial charge in [0.15, 0.2) is 0 Å². The second kappa shape index (κ2) is 10.4. The lowest BCUT2D eigenvalue weighted by molar-refractivity contribution is -0.168. The molecule has 0 bridgehead atoms. The molecule has 4 aliphatic rings. The molecule has 0 aromatic heterocycles. The van der Waals surface area contributed by atoms with Gasteiger partial charge in [-0.25, -0.2) is 0 Å². The summed E-state index contributed by atoms with van der Waals surface area (Å²) < 4.78 is 39.3. The lowest BCUT2D eigenvalue weighted by Gasteiger charge is -2.58. The molecule has 1 saturated carbocycles. The third kappa shape index (κ3) is 5.37. The maximum atomic E-state index is 13.3. The molecular weight excluding hydrogens is 559 g/mol. The summed E-state index contributed by atoms with van der Waals surface area (Å²) in [5.41, 5.74) is 0.700. The van der Waals surface area contributed by atoms with Crippen molar-refractivity contribution in [3.63, 3.8) is 0 Å². The third-order valence-corrected chi connectivity index (χ3v) is 10.4. The Morgan fingerprint density at radius 2 is 1.67 bits per heavy atom. The van der Waals surface area contributed by atoms with E-state index in [4.69, 9.17) is 0 Å². The predicted molar refractivity (Wildman–Crippen MR) is 152 cm³/mol. The summed E-state index contributed by atoms with van der Waals surface area (Å²) in [6, 6.07) is 10.1. The van der Waals surface area contributed by atoms with Gasteiger partial charge in [0.2, 0.25) is 11.8 Å². The van der Waals surface area contributed by atoms with Crippen LogP contribution in [0, 0.1) is 10.8 Å². The van der Waals surface area contributed by atoms with Crippen LogP contribution in [0.3, 0.4) is 0 Å². The number of hydrogen-bond acceptors (Lipinski definition) is 5. The molecule has 43 heavy (non-hydrogen) atoms. The van der Waals surface area contributed by atoms with E-state index in [9.17, 15) is 32.7 Å². The first-order valence-electron chi connectivity index (χ1n) is 15.1. The van der Waals surface area contributed by atoms with Gasteiger partial charge in [0, 0.05) is 43.6 Å². The molecule has 3 heterocycles. The number of nitrogens with one attached hydrogen (secondary N) is 1. The molecule has 0 radical (unpaired) electrons. The third-order valence-electron chi connectivity index (χ3n) is 10.4. The Labute approximate surface area is 249 Å². The number of alkyl halides is 3. The van der Waals surface area contributed by atoms with Gasteiger partial charge in [-0.3, -0.25) is 24.6 Å². The Morgan fingerprint density at radius 3 is 2.33 bits per heavy atom. The van der Waals surface area contributed by atoms with Crippen molar-refractivity contribution in [3.05, 3.63) is 70.3 Å². The zero-order chi connectivity index (χ0) is 30.8. The molecular formula is C33H38F3N3O4. The summed E-state index contributed by atoms with van der Waals surface area (Å²) in [6.07, 6.45) is 0.0392. The van der Waals surface area contributed by atoms with E-state index in [1.165, 1.54) is 17.0 Å². The second-order valence-electron chi connectivity index (χ2n) is 13.7. The van der Waals surface area contributed by atoms with Gasteiger partial charge in [0.05, 0.1) is 11.2 Å². The van der Waals surface area contributed by atoms with Gasteiger partial charge in [-0.15, -0.1) is 0 Å². The number of halogens is 3. The number of carbonyl (C=O) groups excluding carboxylic acids is 3. The maximum Gasteiger partial charge on any atom is 0.416 e. The fourth-order valence-corrected chi connectivity index (χ4v) is 7.67. The Bertz CT molecular complexity index is 1440. The minimum Gasteiger partial charge on any atom is -0.384 e. The van der Waals surface area contributed by atoms with Crippen molar-refractivity contribution < 1.29 is 32.7 Å². The zero-order valence-electron chi connectivity index (χ0n) is 24.6. The molecule has 3 fully saturated rings. The van der Waals surface area contributed by atoms with Crippen molar-refractivity contribution in [3.8, 4) is 0 Å². The summed E-state index contributed by atoms with van der Waals surface area (Å²) in [5.74, 6) is -1.04. The molecule has 10 heteroatoms. The molecule has 6 rings (SSSR count). The van der Waals surface area contributed by atoms with Crippen LogP contribution in [0.5, 0.6) is 0 Å². The number of imide groups is 1. The molecule has 230 valence electrons. The van der Waals surface area contributed by atoms with E-state index >= 15 is 0 Å². The number of carbonyl (C=O) groups is 3.